The van der Waals surface area contributed by atoms with Gasteiger partial charge in [0.25, 0.3) is 0 Å². The Bertz CT molecular complexity index is 658. The molecule has 1 heterocycles. The summed E-state index contributed by atoms with van der Waals surface area (Å²) in [7, 11) is -2.37. The van der Waals surface area contributed by atoms with Gasteiger partial charge in [0.05, 0.1) is 18.7 Å². The lowest BCUT2D eigenvalue weighted by Gasteiger charge is -2.33. The van der Waals surface area contributed by atoms with Gasteiger partial charge in [-0.25, -0.2) is 8.42 Å². The van der Waals surface area contributed by atoms with Crippen LogP contribution in [0.2, 0.25) is 10.0 Å². The van der Waals surface area contributed by atoms with E-state index in [-0.39, 0.29) is 35.5 Å². The molecule has 22 heavy (non-hydrogen) atoms. The first-order chi connectivity index (χ1) is 10.3. The van der Waals surface area contributed by atoms with Gasteiger partial charge in [0.15, 0.2) is 0 Å². The van der Waals surface area contributed by atoms with Gasteiger partial charge in [0.1, 0.15) is 4.90 Å². The van der Waals surface area contributed by atoms with Crippen LogP contribution in [0, 0.1) is 0 Å². The Hall–Kier alpha value is -0.860. The number of halogens is 2. The minimum atomic E-state index is -3.70. The lowest BCUT2D eigenvalue weighted by Crippen LogP contribution is -2.49. The van der Waals surface area contributed by atoms with Gasteiger partial charge >= 0.3 is 5.97 Å². The number of hydrogen-bond donors (Lipinski definition) is 0. The lowest BCUT2D eigenvalue weighted by molar-refractivity contribution is -0.142. The third-order valence-corrected chi connectivity index (χ3v) is 6.04. The van der Waals surface area contributed by atoms with Crippen molar-refractivity contribution < 1.29 is 17.9 Å². The molecule has 0 aliphatic carbocycles. The van der Waals surface area contributed by atoms with Gasteiger partial charge in [-0.15, -0.1) is 0 Å². The Labute approximate surface area is 139 Å². The molecule has 0 N–H and O–H groups in total. The van der Waals surface area contributed by atoms with E-state index in [4.69, 9.17) is 23.2 Å². The Balaban J connectivity index is 2.10. The highest BCUT2D eigenvalue weighted by atomic mass is 35.5. The summed E-state index contributed by atoms with van der Waals surface area (Å²) < 4.78 is 31.2. The Morgan fingerprint density at radius 1 is 1.23 bits per heavy atom. The van der Waals surface area contributed by atoms with Crippen molar-refractivity contribution in [1.29, 1.82) is 0 Å². The molecule has 0 unspecified atom stereocenters. The second-order valence-electron chi connectivity index (χ2n) is 4.83. The number of hydrogen-bond acceptors (Lipinski definition) is 5. The molecule has 1 fully saturated rings. The van der Waals surface area contributed by atoms with Crippen LogP contribution in [0.4, 0.5) is 0 Å². The van der Waals surface area contributed by atoms with Crippen LogP contribution in [0.5, 0.6) is 0 Å². The molecule has 1 aliphatic heterocycles. The molecule has 1 saturated heterocycles. The van der Waals surface area contributed by atoms with Crippen molar-refractivity contribution in [3.8, 4) is 0 Å². The maximum Gasteiger partial charge on any atom is 0.319 e. The first kappa shape index (κ1) is 17.5. The molecular weight excluding hydrogens is 351 g/mol. The normalized spacial score (nSPS) is 17.4. The van der Waals surface area contributed by atoms with Crippen LogP contribution >= 0.6 is 23.2 Å². The van der Waals surface area contributed by atoms with Gasteiger partial charge in [0.2, 0.25) is 10.0 Å². The molecular formula is C13H16Cl2N2O4S. The summed E-state index contributed by atoms with van der Waals surface area (Å²) in [4.78, 5) is 13.1. The smallest absolute Gasteiger partial charge is 0.319 e. The molecule has 1 aromatic rings. The van der Waals surface area contributed by atoms with E-state index in [0.717, 1.165) is 0 Å². The van der Waals surface area contributed by atoms with E-state index in [0.29, 0.717) is 18.1 Å². The van der Waals surface area contributed by atoms with Crippen molar-refractivity contribution in [2.45, 2.75) is 4.90 Å². The van der Waals surface area contributed by atoms with Gasteiger partial charge < -0.3 is 4.74 Å². The second kappa shape index (κ2) is 7.14. The lowest BCUT2D eigenvalue weighted by atomic mass is 10.3. The van der Waals surface area contributed by atoms with E-state index < -0.39 is 10.0 Å². The number of nitrogens with zero attached hydrogens (tertiary/aromatic N) is 2. The predicted octanol–water partition coefficient (Wildman–Crippen LogP) is 1.47. The minimum absolute atomic E-state index is 0.00286. The highest BCUT2D eigenvalue weighted by Gasteiger charge is 2.30. The van der Waals surface area contributed by atoms with E-state index in [1.165, 1.54) is 29.6 Å². The van der Waals surface area contributed by atoms with Crippen molar-refractivity contribution in [1.82, 2.24) is 9.21 Å². The fourth-order valence-corrected chi connectivity index (χ4v) is 4.35. The summed E-state index contributed by atoms with van der Waals surface area (Å²) in [5.74, 6) is -0.339. The van der Waals surface area contributed by atoms with E-state index in [1.807, 2.05) is 4.90 Å². The quantitative estimate of drug-likeness (QED) is 0.754. The van der Waals surface area contributed by atoms with E-state index in [1.54, 1.807) is 0 Å². The van der Waals surface area contributed by atoms with Gasteiger partial charge in [0, 0.05) is 31.2 Å². The second-order valence-corrected chi connectivity index (χ2v) is 7.58. The number of carbonyl (C=O) groups excluding carboxylic acids is 1. The van der Waals surface area contributed by atoms with Crippen molar-refractivity contribution in [2.24, 2.45) is 0 Å². The number of carbonyl (C=O) groups is 1. The van der Waals surface area contributed by atoms with E-state index in [9.17, 15) is 13.2 Å². The molecule has 2 rings (SSSR count). The van der Waals surface area contributed by atoms with Crippen molar-refractivity contribution in [2.75, 3.05) is 39.8 Å². The zero-order valence-electron chi connectivity index (χ0n) is 12.0. The highest BCUT2D eigenvalue weighted by molar-refractivity contribution is 7.89. The summed E-state index contributed by atoms with van der Waals surface area (Å²) in [6.45, 7) is 1.62. The number of methoxy groups -OCH3 is 1. The summed E-state index contributed by atoms with van der Waals surface area (Å²) in [5.41, 5.74) is 0. The Morgan fingerprint density at radius 3 is 2.45 bits per heavy atom. The maximum absolute atomic E-state index is 12.6. The maximum atomic E-state index is 12.6. The monoisotopic (exact) mass is 366 g/mol. The first-order valence-corrected chi connectivity index (χ1v) is 8.78. The summed E-state index contributed by atoms with van der Waals surface area (Å²) >= 11 is 11.8. The average molecular weight is 367 g/mol. The topological polar surface area (TPSA) is 66.9 Å². The van der Waals surface area contributed by atoms with Crippen LogP contribution in [0.1, 0.15) is 0 Å². The zero-order valence-corrected chi connectivity index (χ0v) is 14.3. The SMILES string of the molecule is COC(=O)CN1CCN(S(=O)(=O)c2cc(Cl)ccc2Cl)CC1. The van der Waals surface area contributed by atoms with Crippen LogP contribution in [0.3, 0.4) is 0 Å². The first-order valence-electron chi connectivity index (χ1n) is 6.59. The van der Waals surface area contributed by atoms with E-state index in [2.05, 4.69) is 4.74 Å². The molecule has 0 radical (unpaired) electrons. The number of ether oxygens (including phenoxy) is 1. The zero-order chi connectivity index (χ0) is 16.3. The molecule has 0 saturated carbocycles. The minimum Gasteiger partial charge on any atom is -0.468 e. The largest absolute Gasteiger partial charge is 0.468 e. The average Bonchev–Trinajstić information content (AvgIpc) is 2.50. The predicted molar refractivity (Wildman–Crippen MR) is 83.7 cm³/mol. The molecule has 0 spiro atoms. The van der Waals surface area contributed by atoms with Gasteiger partial charge in [-0.05, 0) is 18.2 Å². The Morgan fingerprint density at radius 2 is 1.86 bits per heavy atom. The molecule has 1 aliphatic rings. The number of benzene rings is 1. The molecule has 0 amide bonds. The molecule has 6 nitrogen and oxygen atoms in total. The fourth-order valence-electron chi connectivity index (χ4n) is 2.19. The summed E-state index contributed by atoms with van der Waals surface area (Å²) in [6, 6.07) is 4.35. The fraction of sp³-hybridized carbons (Fsp3) is 0.462. The standard InChI is InChI=1S/C13H16Cl2N2O4S/c1-21-13(18)9-16-4-6-17(7-5-16)22(19,20)12-8-10(14)2-3-11(12)15/h2-3,8H,4-7,9H2,1H3. The molecule has 9 heteroatoms. The van der Waals surface area contributed by atoms with Crippen LogP contribution in [-0.2, 0) is 19.6 Å². The molecule has 0 aromatic heterocycles. The van der Waals surface area contributed by atoms with Gasteiger partial charge in [-0.3, -0.25) is 9.69 Å². The van der Waals surface area contributed by atoms with Crippen LogP contribution in [-0.4, -0.2) is 63.4 Å². The van der Waals surface area contributed by atoms with Crippen LogP contribution < -0.4 is 0 Å². The van der Waals surface area contributed by atoms with Crippen molar-refractivity contribution >= 4 is 39.2 Å². The third-order valence-electron chi connectivity index (χ3n) is 3.42. The van der Waals surface area contributed by atoms with Gasteiger partial charge in [-0.2, -0.15) is 4.31 Å². The van der Waals surface area contributed by atoms with Gasteiger partial charge in [-0.1, -0.05) is 23.2 Å². The summed E-state index contributed by atoms with van der Waals surface area (Å²) in [5, 5.41) is 0.452. The number of esters is 1. The van der Waals surface area contributed by atoms with Crippen molar-refractivity contribution in [3.63, 3.8) is 0 Å². The Kier molecular flexibility index (Phi) is 5.68. The van der Waals surface area contributed by atoms with E-state index >= 15 is 0 Å². The highest BCUT2D eigenvalue weighted by Crippen LogP contribution is 2.28. The number of rotatable bonds is 4. The van der Waals surface area contributed by atoms with Crippen LogP contribution in [0.25, 0.3) is 0 Å². The molecule has 1 aromatic carbocycles. The third kappa shape index (κ3) is 3.91. The number of piperazine rings is 1. The number of sulfonamides is 1. The molecule has 0 bridgehead atoms. The summed E-state index contributed by atoms with van der Waals surface area (Å²) in [6.07, 6.45) is 0. The van der Waals surface area contributed by atoms with Crippen molar-refractivity contribution in [3.05, 3.63) is 28.2 Å². The molecule has 0 atom stereocenters. The molecule has 122 valence electrons. The van der Waals surface area contributed by atoms with Crippen LogP contribution in [0.15, 0.2) is 23.1 Å².